The van der Waals surface area contributed by atoms with Crippen LogP contribution in [-0.4, -0.2) is 10.3 Å². The Kier molecular flexibility index (Phi) is 7.93. The minimum atomic E-state index is -1.50. The van der Waals surface area contributed by atoms with Gasteiger partial charge in [0.2, 0.25) is 0 Å². The van der Waals surface area contributed by atoms with Gasteiger partial charge in [-0.15, -0.1) is 10.1 Å². The molecule has 0 aliphatic carbocycles. The summed E-state index contributed by atoms with van der Waals surface area (Å²) in [4.78, 5) is 8.36. The van der Waals surface area contributed by atoms with Crippen molar-refractivity contribution in [2.45, 2.75) is 20.8 Å². The van der Waals surface area contributed by atoms with E-state index in [4.69, 9.17) is 15.3 Å². The van der Waals surface area contributed by atoms with Gasteiger partial charge >= 0.3 is 0 Å². The van der Waals surface area contributed by atoms with Crippen molar-refractivity contribution < 1.29 is 10.3 Å². The Morgan fingerprint density at radius 1 is 1.50 bits per heavy atom. The van der Waals surface area contributed by atoms with Crippen LogP contribution in [0.25, 0.3) is 0 Å². The molecule has 4 heteroatoms. The van der Waals surface area contributed by atoms with Gasteiger partial charge in [-0.3, -0.25) is 0 Å². The molecule has 0 rings (SSSR count). The highest BCUT2D eigenvalue weighted by atomic mass is 16.9. The maximum absolute atomic E-state index is 8.36. The summed E-state index contributed by atoms with van der Waals surface area (Å²) >= 11 is 0. The van der Waals surface area contributed by atoms with Crippen LogP contribution in [0.2, 0.25) is 0 Å². The Balaban J connectivity index is 0. The van der Waals surface area contributed by atoms with Gasteiger partial charge in [0.25, 0.3) is 5.09 Å². The van der Waals surface area contributed by atoms with Crippen LogP contribution in [0.1, 0.15) is 20.8 Å². The van der Waals surface area contributed by atoms with Gasteiger partial charge in [0.15, 0.2) is 0 Å². The summed E-state index contributed by atoms with van der Waals surface area (Å²) in [6, 6.07) is 0. The average Bonchev–Trinajstić information content (AvgIpc) is 1.25. The number of hydrogen-bond donors (Lipinski definition) is 1. The minimum absolute atomic E-state index is 0.833. The summed E-state index contributed by atoms with van der Waals surface area (Å²) in [5, 5.41) is 13.6. The second-order valence-electron chi connectivity index (χ2n) is 1.97. The molecule has 0 saturated heterocycles. The van der Waals surface area contributed by atoms with Gasteiger partial charge in [-0.2, -0.15) is 0 Å². The van der Waals surface area contributed by atoms with Crippen LogP contribution in [0.3, 0.4) is 0 Å². The molecular formula is C4H11NO3. The molecule has 0 atom stereocenters. The first-order valence-electron chi connectivity index (χ1n) is 2.30. The zero-order chi connectivity index (χ0) is 7.15. The van der Waals surface area contributed by atoms with Crippen LogP contribution in [0.15, 0.2) is 0 Å². The van der Waals surface area contributed by atoms with E-state index in [0.29, 0.717) is 0 Å². The molecule has 0 aromatic carbocycles. The maximum atomic E-state index is 8.36. The molecule has 0 aromatic rings. The van der Waals surface area contributed by atoms with Crippen LogP contribution in [0.4, 0.5) is 0 Å². The topological polar surface area (TPSA) is 63.4 Å². The highest BCUT2D eigenvalue weighted by Gasteiger charge is 1.68. The van der Waals surface area contributed by atoms with E-state index in [1.54, 1.807) is 0 Å². The Labute approximate surface area is 48.2 Å². The summed E-state index contributed by atoms with van der Waals surface area (Å²) in [6.07, 6.45) is 0. The van der Waals surface area contributed by atoms with Gasteiger partial charge in [0, 0.05) is 0 Å². The van der Waals surface area contributed by atoms with Crippen molar-refractivity contribution in [3.8, 4) is 0 Å². The largest absolute Gasteiger partial charge is 0.328 e. The second kappa shape index (κ2) is 6.20. The molecule has 0 aromatic heterocycles. The summed E-state index contributed by atoms with van der Waals surface area (Å²) in [6.45, 7) is 6.50. The first-order chi connectivity index (χ1) is 3.46. The van der Waals surface area contributed by atoms with Crippen molar-refractivity contribution in [1.29, 1.82) is 0 Å². The Morgan fingerprint density at radius 3 is 1.50 bits per heavy atom. The molecule has 8 heavy (non-hydrogen) atoms. The van der Waals surface area contributed by atoms with Crippen molar-refractivity contribution in [2.24, 2.45) is 5.92 Å². The van der Waals surface area contributed by atoms with E-state index in [1.807, 2.05) is 0 Å². The molecule has 0 unspecified atom stereocenters. The van der Waals surface area contributed by atoms with Crippen LogP contribution in [0, 0.1) is 16.0 Å². The van der Waals surface area contributed by atoms with Crippen LogP contribution in [-0.2, 0) is 0 Å². The lowest BCUT2D eigenvalue weighted by Gasteiger charge is -1.79. The van der Waals surface area contributed by atoms with Crippen LogP contribution >= 0.6 is 0 Å². The lowest BCUT2D eigenvalue weighted by molar-refractivity contribution is -0.742. The second-order valence-corrected chi connectivity index (χ2v) is 1.97. The molecule has 50 valence electrons. The fraction of sp³-hybridized carbons (Fsp3) is 1.00. The van der Waals surface area contributed by atoms with Crippen molar-refractivity contribution in [3.05, 3.63) is 10.1 Å². The molecule has 0 radical (unpaired) electrons. The van der Waals surface area contributed by atoms with Gasteiger partial charge < -0.3 is 5.21 Å². The highest BCUT2D eigenvalue weighted by molar-refractivity contribution is 4.20. The molecule has 0 aliphatic heterocycles. The third-order valence-electron chi connectivity index (χ3n) is 0. The molecule has 4 nitrogen and oxygen atoms in total. The van der Waals surface area contributed by atoms with E-state index >= 15 is 0 Å². The molecule has 0 spiro atoms. The van der Waals surface area contributed by atoms with Crippen molar-refractivity contribution >= 4 is 0 Å². The van der Waals surface area contributed by atoms with Crippen LogP contribution < -0.4 is 0 Å². The Morgan fingerprint density at radius 2 is 1.50 bits per heavy atom. The van der Waals surface area contributed by atoms with Crippen LogP contribution in [0.5, 0.6) is 0 Å². The molecule has 0 fully saturated rings. The van der Waals surface area contributed by atoms with Gasteiger partial charge in [-0.1, -0.05) is 20.8 Å². The standard InChI is InChI=1S/C4H10.HNO3/c1-4(2)3;2-1(3)4/h4H,1-3H3;(H,2,3,4). The first-order valence-corrected chi connectivity index (χ1v) is 2.30. The first kappa shape index (κ1) is 10.2. The van der Waals surface area contributed by atoms with E-state index in [1.165, 1.54) is 0 Å². The molecule has 0 aliphatic rings. The fourth-order valence-corrected chi connectivity index (χ4v) is 0. The van der Waals surface area contributed by atoms with Gasteiger partial charge in [0.1, 0.15) is 0 Å². The summed E-state index contributed by atoms with van der Waals surface area (Å²) in [7, 11) is 0. The predicted octanol–water partition coefficient (Wildman–Crippen LogP) is 1.31. The van der Waals surface area contributed by atoms with Crippen molar-refractivity contribution in [2.75, 3.05) is 0 Å². The monoisotopic (exact) mass is 121 g/mol. The molecule has 0 heterocycles. The molecular weight excluding hydrogens is 110 g/mol. The third-order valence-corrected chi connectivity index (χ3v) is 0. The minimum Gasteiger partial charge on any atom is -0.328 e. The molecule has 1 N–H and O–H groups in total. The quantitative estimate of drug-likeness (QED) is 0.388. The number of rotatable bonds is 0. The predicted molar refractivity (Wildman–Crippen MR) is 29.3 cm³/mol. The average molecular weight is 121 g/mol. The fourth-order valence-electron chi connectivity index (χ4n) is 0. The Bertz CT molecular complexity index is 55.5. The smallest absolute Gasteiger partial charge is 0.291 e. The normalized spacial score (nSPS) is 7.50. The molecule has 0 bridgehead atoms. The summed E-state index contributed by atoms with van der Waals surface area (Å²) in [5.41, 5.74) is 0. The van der Waals surface area contributed by atoms with Crippen molar-refractivity contribution in [1.82, 2.24) is 0 Å². The number of hydrogen-bond acceptors (Lipinski definition) is 2. The SMILES string of the molecule is CC(C)C.O=[N+]([O-])O. The van der Waals surface area contributed by atoms with E-state index in [2.05, 4.69) is 20.8 Å². The Hall–Kier alpha value is -0.800. The van der Waals surface area contributed by atoms with Gasteiger partial charge in [-0.25, -0.2) is 0 Å². The van der Waals surface area contributed by atoms with E-state index in [0.717, 1.165) is 5.92 Å². The lowest BCUT2D eigenvalue weighted by atomic mass is 10.3. The van der Waals surface area contributed by atoms with E-state index < -0.39 is 5.09 Å². The van der Waals surface area contributed by atoms with Gasteiger partial charge in [-0.05, 0) is 5.92 Å². The lowest BCUT2D eigenvalue weighted by Crippen LogP contribution is -1.81. The van der Waals surface area contributed by atoms with Crippen molar-refractivity contribution in [3.63, 3.8) is 0 Å². The summed E-state index contributed by atoms with van der Waals surface area (Å²) < 4.78 is 0. The summed E-state index contributed by atoms with van der Waals surface area (Å²) in [5.74, 6) is 0.833. The van der Waals surface area contributed by atoms with E-state index in [-0.39, 0.29) is 0 Å². The molecule has 0 amide bonds. The zero-order valence-corrected chi connectivity index (χ0v) is 5.29. The third kappa shape index (κ3) is 143. The highest BCUT2D eigenvalue weighted by Crippen LogP contribution is 1.81. The molecule has 0 saturated carbocycles. The van der Waals surface area contributed by atoms with Gasteiger partial charge in [0.05, 0.1) is 0 Å². The van der Waals surface area contributed by atoms with E-state index in [9.17, 15) is 0 Å². The zero-order valence-electron chi connectivity index (χ0n) is 5.29. The number of nitrogens with zero attached hydrogens (tertiary/aromatic N) is 1. The maximum Gasteiger partial charge on any atom is 0.291 e.